The van der Waals surface area contributed by atoms with E-state index in [0.29, 0.717) is 12.3 Å². The van der Waals surface area contributed by atoms with Gasteiger partial charge in [0.15, 0.2) is 0 Å². The molecule has 3 rings (SSSR count). The van der Waals surface area contributed by atoms with Crippen molar-refractivity contribution in [1.82, 2.24) is 0 Å². The van der Waals surface area contributed by atoms with Crippen LogP contribution in [0, 0.1) is 0 Å². The fourth-order valence-electron chi connectivity index (χ4n) is 13.4. The van der Waals surface area contributed by atoms with E-state index < -0.39 is 204 Å². The maximum Gasteiger partial charge on any atom is 0.411 e. The van der Waals surface area contributed by atoms with Crippen molar-refractivity contribution in [3.63, 3.8) is 0 Å². The SMILES string of the molecule is COC(=O)Nc1ccc2c(c1)/C(=C/C1=CCC=N1)CCO2.[B]B([B])B([B])B(B([B])[B])B(B(B([B])[B])B([B])[B])B(B(B(B([B])[B])B([B])[B])B(B([B])[B])B([B])[B])B(B(B(B([B])[B])B([B])[B])B(B([B])[B])B([B])[B])B(B(B([B])[B])B([B])[B])B(B([B])[B])B([B])[B]. The van der Waals surface area contributed by atoms with Crippen LogP contribution in [0.25, 0.3) is 5.57 Å². The Kier molecular flexibility index (Phi) is 37.8. The van der Waals surface area contributed by atoms with Gasteiger partial charge >= 0.3 is 6.09 Å². The van der Waals surface area contributed by atoms with Crippen LogP contribution in [0.3, 0.4) is 0 Å². The number of rotatable bonds is 32. The van der Waals surface area contributed by atoms with Gasteiger partial charge in [0.2, 0.25) is 0 Å². The molecule has 1 aromatic rings. The van der Waals surface area contributed by atoms with E-state index in [1.165, 1.54) is 7.11 Å². The molecule has 2 aliphatic rings. The third-order valence-electron chi connectivity index (χ3n) is 16.7. The molecule has 0 fully saturated rings. The van der Waals surface area contributed by atoms with Crippen LogP contribution in [0.15, 0.2) is 41.0 Å². The van der Waals surface area contributed by atoms with Crippen LogP contribution in [0.2, 0.25) is 0 Å². The number of benzene rings is 1. The quantitative estimate of drug-likeness (QED) is 0.0732. The predicted octanol–water partition coefficient (Wildman–Crippen LogP) is -21.0. The zero-order valence-electron chi connectivity index (χ0n) is 48.7. The van der Waals surface area contributed by atoms with Crippen molar-refractivity contribution in [3.8, 4) is 5.75 Å². The summed E-state index contributed by atoms with van der Waals surface area (Å²) < 4.78 is 10.3. The third kappa shape index (κ3) is 22.9. The zero-order chi connectivity index (χ0) is 65.6. The van der Waals surface area contributed by atoms with Crippen molar-refractivity contribution in [2.75, 3.05) is 19.0 Å². The van der Waals surface area contributed by atoms with Gasteiger partial charge in [0.25, 0.3) is 0 Å². The number of amides is 1. The molecule has 0 atom stereocenters. The molecule has 0 spiro atoms. The van der Waals surface area contributed by atoms with Gasteiger partial charge in [0.1, 0.15) is 5.75 Å². The third-order valence-corrected chi connectivity index (χ3v) is 16.7. The summed E-state index contributed by atoms with van der Waals surface area (Å²) in [5, 5.41) is 2.67. The van der Waals surface area contributed by atoms with Crippen molar-refractivity contribution >= 4 is 477 Å². The monoisotopic (exact) mass is 989 g/mol. The topological polar surface area (TPSA) is 59.9 Å². The van der Waals surface area contributed by atoms with Crippen LogP contribution >= 0.6 is 0 Å². The summed E-state index contributed by atoms with van der Waals surface area (Å²) in [6.07, 6.45) is -38.8. The normalized spacial score (nSPS) is 11.8. The minimum Gasteiger partial charge on any atom is -0.493 e. The van der Waals surface area contributed by atoms with Crippen LogP contribution in [-0.2, 0) is 4.74 Å². The molecule has 2 heterocycles. The summed E-state index contributed by atoms with van der Waals surface area (Å²) in [7, 11) is 221. The maximum absolute atomic E-state index is 11.3. The molecule has 69 heteroatoms. The van der Waals surface area contributed by atoms with Crippen molar-refractivity contribution < 1.29 is 14.3 Å². The van der Waals surface area contributed by atoms with E-state index in [2.05, 4.69) is 27.2 Å². The lowest BCUT2D eigenvalue weighted by Crippen LogP contribution is -2.97. The average molecular weight is 976 g/mol. The number of aliphatic imine (C=N–C) groups is 1. The molecule has 85 heavy (non-hydrogen) atoms. The van der Waals surface area contributed by atoms with Crippen molar-refractivity contribution in [2.45, 2.75) is 12.8 Å². The van der Waals surface area contributed by atoms with E-state index in [4.69, 9.17) is 260 Å². The van der Waals surface area contributed by atoms with Crippen molar-refractivity contribution in [2.24, 2.45) is 4.99 Å². The minimum atomic E-state index is -1.60. The molecule has 1 aromatic carbocycles. The van der Waals surface area contributed by atoms with Crippen LogP contribution in [0.5, 0.6) is 5.75 Å². The largest absolute Gasteiger partial charge is 0.493 e. The summed E-state index contributed by atoms with van der Waals surface area (Å²) in [5.41, 5.74) is 3.80. The smallest absolute Gasteiger partial charge is 0.411 e. The molecule has 0 bridgehead atoms. The number of nitrogens with zero attached hydrogens (tertiary/aromatic N) is 1. The first kappa shape index (κ1) is 82.7. The first-order chi connectivity index (χ1) is 39.3. The van der Waals surface area contributed by atoms with E-state index in [9.17, 15) is 4.79 Å². The number of fused-ring (bicyclic) bond motifs is 1. The second kappa shape index (κ2) is 38.8. The highest BCUT2D eigenvalue weighted by molar-refractivity contribution is 8.38. The Balaban J connectivity index is 0.000000963. The van der Waals surface area contributed by atoms with Gasteiger partial charge in [-0.1, -0.05) is 6.08 Å². The second-order valence-electron chi connectivity index (χ2n) is 22.7. The molecule has 0 saturated carbocycles. The molecule has 1 amide bonds. The molecule has 0 aliphatic carbocycles. The lowest BCUT2D eigenvalue weighted by Gasteiger charge is -2.59. The fourth-order valence-corrected chi connectivity index (χ4v) is 13.4. The van der Waals surface area contributed by atoms with E-state index in [-0.39, 0.29) is 0 Å². The number of nitrogens with one attached hydrogen (secondary N) is 1. The van der Waals surface area contributed by atoms with Gasteiger partial charge in [-0.3, -0.25) is 10.3 Å². The number of anilines is 1. The maximum atomic E-state index is 11.3. The Morgan fingerprint density at radius 3 is 0.988 bits per heavy atom. The Hall–Kier alpha value is 1.60. The van der Waals surface area contributed by atoms with Gasteiger partial charge in [-0.25, -0.2) is 4.79 Å². The fraction of sp³-hybridized carbons (Fsp3) is 0.250. The number of hydrogen-bond donors (Lipinski definition) is 1. The highest BCUT2D eigenvalue weighted by atomic mass is 16.5. The lowest BCUT2D eigenvalue weighted by atomic mass is 8.22. The van der Waals surface area contributed by atoms with Gasteiger partial charge in [-0.05, 0) is 29.8 Å². The number of hydrogen-bond acceptors (Lipinski definition) is 4. The molecule has 0 unspecified atom stereocenters. The molecule has 66 radical (unpaired) electrons. The minimum absolute atomic E-state index is 0.486. The molecular weight excluding hydrogens is 960 g/mol. The molecule has 1 N–H and O–H groups in total. The van der Waals surface area contributed by atoms with Gasteiger partial charge in [-0.2, -0.15) is 0 Å². The number of carbonyl (C=O) groups excluding carboxylic acids is 1. The van der Waals surface area contributed by atoms with Gasteiger partial charge in [0.05, 0.1) is 19.4 Å². The first-order valence-electron chi connectivity index (χ1n) is 27.8. The first-order valence-corrected chi connectivity index (χ1v) is 27.8. The van der Waals surface area contributed by atoms with Crippen LogP contribution < -0.4 is 10.1 Å². The van der Waals surface area contributed by atoms with E-state index in [1.807, 2.05) is 18.3 Å². The van der Waals surface area contributed by atoms with Crippen LogP contribution in [0.4, 0.5) is 10.5 Å². The number of carbonyl (C=O) groups is 1. The van der Waals surface area contributed by atoms with Crippen molar-refractivity contribution in [1.29, 1.82) is 0 Å². The van der Waals surface area contributed by atoms with Crippen molar-refractivity contribution in [3.05, 3.63) is 41.6 Å². The molecule has 0 aromatic heterocycles. The van der Waals surface area contributed by atoms with Gasteiger partial charge < -0.3 is 9.47 Å². The summed E-state index contributed by atoms with van der Waals surface area (Å²) in [4.78, 5) is 15.6. The molecule has 300 valence electrons. The molecule has 2 aliphatic heterocycles. The standard InChI is InChI=1S/C16H16N2O3.B64/c1-20-16(19)18-13-4-5-15-14(10-13)11(6-8-21-15)9-12-3-2-7-17-12;1-34(2)50(33)58(49(31)32)62(57(47(27)28)48(29)30)64(61(55(43(19)20)44(21)22)56(45(23)24)46(25)26)63(59(51(35(3)4)36(5)6)52(37(7)8)38(9)10)60(53(39(11)12)40(13)14)54(41(15)16)42(17)18/h3-5,7,9-10H,2,6,8H2,1H3,(H,18,19);/b11-9+;. The Labute approximate surface area is 570 Å². The highest BCUT2D eigenvalue weighted by Crippen LogP contribution is 2.36. The second-order valence-corrected chi connectivity index (χ2v) is 22.7. The Morgan fingerprint density at radius 2 is 0.729 bits per heavy atom. The van der Waals surface area contributed by atoms with Gasteiger partial charge in [-0.15, -0.1) is 0 Å². The Morgan fingerprint density at radius 1 is 0.435 bits per heavy atom. The number of ether oxygens (including phenoxy) is 2. The summed E-state index contributed by atoms with van der Waals surface area (Å²) in [5.74, 6) is 0.825. The number of allylic oxidation sites excluding steroid dienone is 2. The lowest BCUT2D eigenvalue weighted by molar-refractivity contribution is 0.187. The average Bonchev–Trinajstić information content (AvgIpc) is 0.970. The van der Waals surface area contributed by atoms with Crippen LogP contribution in [-0.4, -0.2) is 479 Å². The predicted molar refractivity (Wildman–Crippen MR) is 450 cm³/mol. The van der Waals surface area contributed by atoms with Crippen LogP contribution in [0.1, 0.15) is 18.4 Å². The van der Waals surface area contributed by atoms with E-state index in [1.54, 1.807) is 6.07 Å². The summed E-state index contributed by atoms with van der Waals surface area (Å²) in [6, 6.07) is 5.56. The van der Waals surface area contributed by atoms with E-state index >= 15 is 0 Å². The molecule has 5 nitrogen and oxygen atoms in total. The van der Waals surface area contributed by atoms with Gasteiger partial charge in [0, 0.05) is 484 Å². The zero-order valence-corrected chi connectivity index (χ0v) is 48.7. The Bertz CT molecular complexity index is 2040. The summed E-state index contributed by atoms with van der Waals surface area (Å²) in [6.45, 7) is 0.652. The highest BCUT2D eigenvalue weighted by Gasteiger charge is 2.63. The number of methoxy groups -OCH3 is 1. The summed E-state index contributed by atoms with van der Waals surface area (Å²) >= 11 is 0. The van der Waals surface area contributed by atoms with E-state index in [0.717, 1.165) is 35.4 Å². The molecule has 0 saturated heterocycles. The molecular formula is C16H16B64N2O3.